The molecule has 0 aliphatic rings. The zero-order valence-corrected chi connectivity index (χ0v) is 24.4. The van der Waals surface area contributed by atoms with E-state index in [1.807, 2.05) is 32.9 Å². The van der Waals surface area contributed by atoms with Crippen LogP contribution in [0.5, 0.6) is 0 Å². The second kappa shape index (κ2) is 14.1. The smallest absolute Gasteiger partial charge is 0.450 e. The van der Waals surface area contributed by atoms with E-state index in [4.69, 9.17) is 29.4 Å². The molecule has 0 radical (unpaired) electrons. The molecule has 0 atom stereocenters. The molecule has 2 aromatic carbocycles. The molecular weight excluding hydrogens is 504 g/mol. The van der Waals surface area contributed by atoms with E-state index in [9.17, 15) is 14.4 Å². The molecule has 216 valence electrons. The summed E-state index contributed by atoms with van der Waals surface area (Å²) in [6.45, 7) is 16.6. The quantitative estimate of drug-likeness (QED) is 0.185. The molecule has 1 N–H and O–H groups in total. The SMILES string of the molecule is CC(C)(C)C(C)(C)OC(=O)O.CC(C)(CCC(C)(C)OOC(=O)c1ccccc1)OOC(=O)c1ccccc1. The molecule has 0 amide bonds. The van der Waals surface area contributed by atoms with E-state index < -0.39 is 34.9 Å². The second-order valence-electron chi connectivity index (χ2n) is 11.8. The van der Waals surface area contributed by atoms with Gasteiger partial charge in [-0.1, -0.05) is 57.2 Å². The molecule has 0 aliphatic heterocycles. The van der Waals surface area contributed by atoms with Gasteiger partial charge in [-0.3, -0.25) is 9.78 Å². The molecule has 0 saturated carbocycles. The van der Waals surface area contributed by atoms with Gasteiger partial charge in [-0.25, -0.2) is 14.4 Å². The van der Waals surface area contributed by atoms with E-state index in [-0.39, 0.29) is 5.41 Å². The van der Waals surface area contributed by atoms with Crippen molar-refractivity contribution in [1.29, 1.82) is 0 Å². The van der Waals surface area contributed by atoms with Gasteiger partial charge < -0.3 is 9.84 Å². The van der Waals surface area contributed by atoms with Crippen molar-refractivity contribution in [2.45, 2.75) is 92.0 Å². The fourth-order valence-electron chi connectivity index (χ4n) is 2.60. The van der Waals surface area contributed by atoms with Gasteiger partial charge in [-0.05, 0) is 78.6 Å². The highest BCUT2D eigenvalue weighted by molar-refractivity contribution is 5.89. The summed E-state index contributed by atoms with van der Waals surface area (Å²) in [5.74, 6) is -1.11. The Bertz CT molecular complexity index is 985. The summed E-state index contributed by atoms with van der Waals surface area (Å²) in [5.41, 5.74) is -1.47. The summed E-state index contributed by atoms with van der Waals surface area (Å²) in [6, 6.07) is 17.2. The molecule has 9 heteroatoms. The summed E-state index contributed by atoms with van der Waals surface area (Å²) < 4.78 is 4.72. The molecule has 2 aromatic rings. The lowest BCUT2D eigenvalue weighted by Gasteiger charge is -2.36. The molecule has 0 fully saturated rings. The lowest BCUT2D eigenvalue weighted by Crippen LogP contribution is -2.40. The van der Waals surface area contributed by atoms with Gasteiger partial charge >= 0.3 is 18.1 Å². The highest BCUT2D eigenvalue weighted by Gasteiger charge is 2.36. The fraction of sp³-hybridized carbons (Fsp3) is 0.500. The predicted molar refractivity (Wildman–Crippen MR) is 146 cm³/mol. The Morgan fingerprint density at radius 2 is 0.949 bits per heavy atom. The third kappa shape index (κ3) is 12.8. The van der Waals surface area contributed by atoms with Crippen LogP contribution in [0.3, 0.4) is 0 Å². The van der Waals surface area contributed by atoms with Crippen LogP contribution < -0.4 is 0 Å². The molecule has 0 spiro atoms. The predicted octanol–water partition coefficient (Wildman–Crippen LogP) is 7.41. The van der Waals surface area contributed by atoms with E-state index >= 15 is 0 Å². The zero-order valence-electron chi connectivity index (χ0n) is 24.4. The lowest BCUT2D eigenvalue weighted by molar-refractivity contribution is -0.325. The average Bonchev–Trinajstić information content (AvgIpc) is 2.85. The van der Waals surface area contributed by atoms with Crippen molar-refractivity contribution in [3.05, 3.63) is 71.8 Å². The molecule has 0 bridgehead atoms. The molecule has 2 rings (SSSR count). The second-order valence-corrected chi connectivity index (χ2v) is 11.8. The van der Waals surface area contributed by atoms with Crippen molar-refractivity contribution < 1.29 is 43.8 Å². The average molecular weight is 547 g/mol. The molecule has 0 saturated heterocycles. The molecule has 0 aromatic heterocycles. The largest absolute Gasteiger partial charge is 0.506 e. The molecule has 9 nitrogen and oxygen atoms in total. The number of benzene rings is 2. The Morgan fingerprint density at radius 1 is 0.615 bits per heavy atom. The van der Waals surface area contributed by atoms with Crippen molar-refractivity contribution in [1.82, 2.24) is 0 Å². The monoisotopic (exact) mass is 546 g/mol. The first-order chi connectivity index (χ1) is 17.9. The first-order valence-corrected chi connectivity index (χ1v) is 12.7. The van der Waals surface area contributed by atoms with Crippen molar-refractivity contribution in [3.8, 4) is 0 Å². The fourth-order valence-corrected chi connectivity index (χ4v) is 2.60. The van der Waals surface area contributed by atoms with Gasteiger partial charge in [0.05, 0.1) is 11.1 Å². The van der Waals surface area contributed by atoms with Crippen LogP contribution in [0.15, 0.2) is 60.7 Å². The highest BCUT2D eigenvalue weighted by atomic mass is 17.2. The van der Waals surface area contributed by atoms with E-state index in [0.29, 0.717) is 24.0 Å². The normalized spacial score (nSPS) is 12.0. The van der Waals surface area contributed by atoms with E-state index in [1.54, 1.807) is 90.1 Å². The van der Waals surface area contributed by atoms with Crippen LogP contribution >= 0.6 is 0 Å². The summed E-state index contributed by atoms with van der Waals surface area (Å²) in [6.07, 6.45) is -0.208. The number of hydrogen-bond acceptors (Lipinski definition) is 8. The van der Waals surface area contributed by atoms with Crippen molar-refractivity contribution in [3.63, 3.8) is 0 Å². The summed E-state index contributed by atoms with van der Waals surface area (Å²) >= 11 is 0. The first-order valence-electron chi connectivity index (χ1n) is 12.7. The summed E-state index contributed by atoms with van der Waals surface area (Å²) in [5, 5.41) is 8.39. The Hall–Kier alpha value is -3.43. The maximum Gasteiger partial charge on any atom is 0.506 e. The van der Waals surface area contributed by atoms with Crippen molar-refractivity contribution in [2.24, 2.45) is 5.41 Å². The topological polar surface area (TPSA) is 118 Å². The summed E-state index contributed by atoms with van der Waals surface area (Å²) in [4.78, 5) is 54.7. The molecule has 39 heavy (non-hydrogen) atoms. The molecule has 0 unspecified atom stereocenters. The minimum absolute atomic E-state index is 0.175. The number of rotatable bonds is 10. The standard InChI is InChI=1S/C22H26O6.C8H16O3/c1-21(2,27-25-19(23)17-11-7-5-8-12-17)15-16-22(3,4)28-26-20(24)18-13-9-6-10-14-18;1-7(2,3)8(4,5)11-6(9)10/h5-14H,15-16H2,1-4H3;1-5H3,(H,9,10). The number of ether oxygens (including phenoxy) is 1. The van der Waals surface area contributed by atoms with Crippen LogP contribution in [0.25, 0.3) is 0 Å². The van der Waals surface area contributed by atoms with Gasteiger partial charge in [0, 0.05) is 5.41 Å². The van der Waals surface area contributed by atoms with Crippen LogP contribution in [-0.4, -0.2) is 40.0 Å². The van der Waals surface area contributed by atoms with Crippen LogP contribution in [0.1, 0.15) is 95.9 Å². The highest BCUT2D eigenvalue weighted by Crippen LogP contribution is 2.32. The van der Waals surface area contributed by atoms with Gasteiger partial charge in [0.25, 0.3) is 0 Å². The van der Waals surface area contributed by atoms with E-state index in [1.165, 1.54) is 0 Å². The van der Waals surface area contributed by atoms with Gasteiger partial charge in [0.1, 0.15) is 16.8 Å². The Labute approximate surface area is 231 Å². The van der Waals surface area contributed by atoms with Gasteiger partial charge in [-0.2, -0.15) is 9.78 Å². The van der Waals surface area contributed by atoms with Crippen LogP contribution in [0, 0.1) is 5.41 Å². The Kier molecular flexibility index (Phi) is 12.1. The number of carbonyl (C=O) groups excluding carboxylic acids is 2. The van der Waals surface area contributed by atoms with Crippen LogP contribution in [0.4, 0.5) is 4.79 Å². The summed E-state index contributed by atoms with van der Waals surface area (Å²) in [7, 11) is 0. The Balaban J connectivity index is 0.000000584. The van der Waals surface area contributed by atoms with Gasteiger partial charge in [0.2, 0.25) is 0 Å². The maximum atomic E-state index is 12.0. The maximum absolute atomic E-state index is 12.0. The third-order valence-electron chi connectivity index (χ3n) is 6.18. The van der Waals surface area contributed by atoms with Gasteiger partial charge in [0.15, 0.2) is 0 Å². The van der Waals surface area contributed by atoms with Crippen molar-refractivity contribution >= 4 is 18.1 Å². The van der Waals surface area contributed by atoms with Crippen LogP contribution in [0.2, 0.25) is 0 Å². The number of hydrogen-bond donors (Lipinski definition) is 1. The number of carbonyl (C=O) groups is 3. The van der Waals surface area contributed by atoms with E-state index in [2.05, 4.69) is 0 Å². The zero-order chi connectivity index (χ0) is 29.9. The third-order valence-corrected chi connectivity index (χ3v) is 6.18. The van der Waals surface area contributed by atoms with Crippen LogP contribution in [-0.2, 0) is 24.3 Å². The molecule has 0 aliphatic carbocycles. The van der Waals surface area contributed by atoms with Gasteiger partial charge in [-0.15, -0.1) is 0 Å². The van der Waals surface area contributed by atoms with E-state index in [0.717, 1.165) is 0 Å². The minimum atomic E-state index is -1.22. The Morgan fingerprint density at radius 3 is 1.21 bits per heavy atom. The van der Waals surface area contributed by atoms with Crippen molar-refractivity contribution in [2.75, 3.05) is 0 Å². The molecular formula is C30H42O9. The number of carboxylic acid groups (broad SMARTS) is 1. The lowest BCUT2D eigenvalue weighted by atomic mass is 9.79. The first kappa shape index (κ1) is 33.6. The minimum Gasteiger partial charge on any atom is -0.450 e. The molecule has 0 heterocycles.